The minimum Gasteiger partial charge on any atom is -0.309 e. The van der Waals surface area contributed by atoms with Gasteiger partial charge in [-0.25, -0.2) is 0 Å². The van der Waals surface area contributed by atoms with Gasteiger partial charge < -0.3 is 10.2 Å². The van der Waals surface area contributed by atoms with Gasteiger partial charge in [-0.2, -0.15) is 5.10 Å². The zero-order chi connectivity index (χ0) is 14.8. The molecule has 1 heterocycles. The van der Waals surface area contributed by atoms with E-state index in [0.717, 1.165) is 25.2 Å². The molecule has 20 heavy (non-hydrogen) atoms. The van der Waals surface area contributed by atoms with E-state index in [1.165, 1.54) is 35.8 Å². The summed E-state index contributed by atoms with van der Waals surface area (Å²) >= 11 is 3.68. The molecule has 0 spiro atoms. The van der Waals surface area contributed by atoms with Crippen molar-refractivity contribution >= 4 is 15.9 Å². The molecule has 0 radical (unpaired) electrons. The Morgan fingerprint density at radius 1 is 1.35 bits per heavy atom. The van der Waals surface area contributed by atoms with Gasteiger partial charge in [-0.1, -0.05) is 19.8 Å². The first kappa shape index (κ1) is 16.0. The molecule has 1 saturated carbocycles. The average Bonchev–Trinajstić information content (AvgIpc) is 2.99. The highest BCUT2D eigenvalue weighted by Crippen LogP contribution is 2.33. The summed E-state index contributed by atoms with van der Waals surface area (Å²) in [5.41, 5.74) is 2.74. The molecule has 1 aromatic heterocycles. The van der Waals surface area contributed by atoms with Crippen LogP contribution >= 0.6 is 15.9 Å². The number of aromatic nitrogens is 2. The molecule has 0 atom stereocenters. The van der Waals surface area contributed by atoms with Gasteiger partial charge in [-0.15, -0.1) is 0 Å². The van der Waals surface area contributed by atoms with E-state index in [4.69, 9.17) is 0 Å². The summed E-state index contributed by atoms with van der Waals surface area (Å²) in [6.07, 6.45) is 6.29. The first-order valence-electron chi connectivity index (χ1n) is 7.58. The SMILES string of the molecule is CCc1nn(C)c(CNCC2(N(C)C)CCCC2)c1Br. The first-order valence-corrected chi connectivity index (χ1v) is 8.38. The number of hydrogen-bond acceptors (Lipinski definition) is 3. The van der Waals surface area contributed by atoms with E-state index in [1.54, 1.807) is 0 Å². The lowest BCUT2D eigenvalue weighted by Gasteiger charge is -2.36. The average molecular weight is 343 g/mol. The standard InChI is InChI=1S/C15H27BrN4/c1-5-12-14(16)13(20(4)18-12)10-17-11-15(19(2)3)8-6-7-9-15/h17H,5-11H2,1-4H3. The summed E-state index contributed by atoms with van der Waals surface area (Å²) in [6.45, 7) is 4.07. The Bertz CT molecular complexity index is 447. The van der Waals surface area contributed by atoms with E-state index in [-0.39, 0.29) is 0 Å². The molecule has 1 aliphatic rings. The van der Waals surface area contributed by atoms with Crippen molar-refractivity contribution in [1.29, 1.82) is 0 Å². The molecule has 1 fully saturated rings. The van der Waals surface area contributed by atoms with Crippen molar-refractivity contribution in [1.82, 2.24) is 20.0 Å². The molecule has 1 N–H and O–H groups in total. The maximum Gasteiger partial charge on any atom is 0.0767 e. The van der Waals surface area contributed by atoms with Gasteiger partial charge >= 0.3 is 0 Å². The number of nitrogens with one attached hydrogen (secondary N) is 1. The lowest BCUT2D eigenvalue weighted by atomic mass is 9.96. The van der Waals surface area contributed by atoms with E-state index >= 15 is 0 Å². The Labute approximate surface area is 131 Å². The van der Waals surface area contributed by atoms with Crippen LogP contribution < -0.4 is 5.32 Å². The molecule has 2 rings (SSSR count). The van der Waals surface area contributed by atoms with Gasteiger partial charge in [-0.3, -0.25) is 4.68 Å². The van der Waals surface area contributed by atoms with Crippen LogP contribution in [0.25, 0.3) is 0 Å². The molecule has 0 aliphatic heterocycles. The van der Waals surface area contributed by atoms with Gasteiger partial charge in [0.2, 0.25) is 0 Å². The van der Waals surface area contributed by atoms with E-state index in [9.17, 15) is 0 Å². The second-order valence-electron chi connectivity index (χ2n) is 6.11. The molecule has 1 aliphatic carbocycles. The maximum atomic E-state index is 4.55. The fourth-order valence-corrected chi connectivity index (χ4v) is 4.00. The van der Waals surface area contributed by atoms with Crippen LogP contribution in [0.15, 0.2) is 4.47 Å². The van der Waals surface area contributed by atoms with Crippen LogP contribution in [0.4, 0.5) is 0 Å². The molecular formula is C15H27BrN4. The van der Waals surface area contributed by atoms with E-state index in [2.05, 4.69) is 52.3 Å². The van der Waals surface area contributed by atoms with E-state index < -0.39 is 0 Å². The number of nitrogens with zero attached hydrogens (tertiary/aromatic N) is 3. The highest BCUT2D eigenvalue weighted by molar-refractivity contribution is 9.10. The summed E-state index contributed by atoms with van der Waals surface area (Å²) in [7, 11) is 6.45. The van der Waals surface area contributed by atoms with Crippen LogP contribution in [-0.2, 0) is 20.0 Å². The number of aryl methyl sites for hydroxylation is 2. The summed E-state index contributed by atoms with van der Waals surface area (Å²) in [5, 5.41) is 8.20. The first-order chi connectivity index (χ1) is 9.50. The molecule has 0 amide bonds. The molecular weight excluding hydrogens is 316 g/mol. The highest BCUT2D eigenvalue weighted by Gasteiger charge is 2.35. The quantitative estimate of drug-likeness (QED) is 0.862. The maximum absolute atomic E-state index is 4.55. The number of hydrogen-bond donors (Lipinski definition) is 1. The van der Waals surface area contributed by atoms with Crippen LogP contribution in [0.2, 0.25) is 0 Å². The van der Waals surface area contributed by atoms with Crippen molar-refractivity contribution in [2.24, 2.45) is 7.05 Å². The minimum absolute atomic E-state index is 0.346. The van der Waals surface area contributed by atoms with Crippen molar-refractivity contribution in [3.8, 4) is 0 Å². The van der Waals surface area contributed by atoms with E-state index in [1.807, 2.05) is 11.7 Å². The Balaban J connectivity index is 1.97. The molecule has 0 bridgehead atoms. The molecule has 0 aromatic carbocycles. The van der Waals surface area contributed by atoms with Crippen LogP contribution in [0.5, 0.6) is 0 Å². The Morgan fingerprint density at radius 2 is 2.00 bits per heavy atom. The normalized spacial score (nSPS) is 18.1. The van der Waals surface area contributed by atoms with Gasteiger partial charge in [0.1, 0.15) is 0 Å². The van der Waals surface area contributed by atoms with Crippen molar-refractivity contribution in [2.45, 2.75) is 51.1 Å². The van der Waals surface area contributed by atoms with Gasteiger partial charge in [0, 0.05) is 25.7 Å². The second-order valence-corrected chi connectivity index (χ2v) is 6.91. The van der Waals surface area contributed by atoms with Gasteiger partial charge in [-0.05, 0) is 49.3 Å². The summed E-state index contributed by atoms with van der Waals surface area (Å²) in [5.74, 6) is 0. The molecule has 4 nitrogen and oxygen atoms in total. The Kier molecular flexibility index (Phi) is 5.26. The van der Waals surface area contributed by atoms with Crippen LogP contribution in [0, 0.1) is 0 Å². The summed E-state index contributed by atoms with van der Waals surface area (Å²) in [4.78, 5) is 2.41. The fraction of sp³-hybridized carbons (Fsp3) is 0.800. The lowest BCUT2D eigenvalue weighted by molar-refractivity contribution is 0.153. The largest absolute Gasteiger partial charge is 0.309 e. The van der Waals surface area contributed by atoms with Crippen LogP contribution in [0.1, 0.15) is 44.0 Å². The van der Waals surface area contributed by atoms with Crippen molar-refractivity contribution in [3.63, 3.8) is 0 Å². The van der Waals surface area contributed by atoms with Crippen molar-refractivity contribution in [3.05, 3.63) is 15.9 Å². The number of rotatable bonds is 6. The van der Waals surface area contributed by atoms with Crippen LogP contribution in [0.3, 0.4) is 0 Å². The highest BCUT2D eigenvalue weighted by atomic mass is 79.9. The second kappa shape index (κ2) is 6.58. The number of halogens is 1. The molecule has 0 saturated heterocycles. The monoisotopic (exact) mass is 342 g/mol. The van der Waals surface area contributed by atoms with Gasteiger partial charge in [0.15, 0.2) is 0 Å². The summed E-state index contributed by atoms with van der Waals surface area (Å²) in [6, 6.07) is 0. The van der Waals surface area contributed by atoms with E-state index in [0.29, 0.717) is 5.54 Å². The Morgan fingerprint density at radius 3 is 2.50 bits per heavy atom. The zero-order valence-electron chi connectivity index (χ0n) is 13.2. The predicted molar refractivity (Wildman–Crippen MR) is 86.9 cm³/mol. The molecule has 1 aromatic rings. The number of likely N-dealkylation sites (N-methyl/N-ethyl adjacent to an activating group) is 1. The predicted octanol–water partition coefficient (Wildman–Crippen LogP) is 2.71. The molecule has 5 heteroatoms. The smallest absolute Gasteiger partial charge is 0.0767 e. The zero-order valence-corrected chi connectivity index (χ0v) is 14.8. The van der Waals surface area contributed by atoms with Gasteiger partial charge in [0.05, 0.1) is 15.9 Å². The molecule has 0 unspecified atom stereocenters. The fourth-order valence-electron chi connectivity index (χ4n) is 3.24. The lowest BCUT2D eigenvalue weighted by Crippen LogP contribution is -2.49. The summed E-state index contributed by atoms with van der Waals surface area (Å²) < 4.78 is 3.16. The van der Waals surface area contributed by atoms with Crippen molar-refractivity contribution in [2.75, 3.05) is 20.6 Å². The molecule has 114 valence electrons. The third-order valence-corrected chi connectivity index (χ3v) is 5.65. The Hall–Kier alpha value is -0.390. The third-order valence-electron chi connectivity index (χ3n) is 4.73. The van der Waals surface area contributed by atoms with Crippen LogP contribution in [-0.4, -0.2) is 40.9 Å². The minimum atomic E-state index is 0.346. The van der Waals surface area contributed by atoms with Crippen molar-refractivity contribution < 1.29 is 0 Å². The third kappa shape index (κ3) is 3.10. The topological polar surface area (TPSA) is 33.1 Å². The van der Waals surface area contributed by atoms with Gasteiger partial charge in [0.25, 0.3) is 0 Å².